The van der Waals surface area contributed by atoms with Crippen LogP contribution in [0.15, 0.2) is 35.3 Å². The fraction of sp³-hybridized carbons (Fsp3) is 0.667. The molecule has 2 atom stereocenters. The maximum atomic E-state index is 6.00. The second-order valence-corrected chi connectivity index (χ2v) is 7.44. The highest BCUT2D eigenvalue weighted by molar-refractivity contribution is 5.79. The van der Waals surface area contributed by atoms with E-state index in [1.54, 1.807) is 0 Å². The highest BCUT2D eigenvalue weighted by Gasteiger charge is 2.29. The molecule has 1 N–H and O–H groups in total. The first kappa shape index (κ1) is 19.2. The predicted molar refractivity (Wildman–Crippen MR) is 105 cm³/mol. The van der Waals surface area contributed by atoms with Crippen LogP contribution in [-0.4, -0.2) is 57.9 Å². The zero-order valence-corrected chi connectivity index (χ0v) is 16.2. The van der Waals surface area contributed by atoms with Crippen molar-refractivity contribution >= 4 is 5.96 Å². The summed E-state index contributed by atoms with van der Waals surface area (Å²) in [6, 6.07) is 10.6. The van der Waals surface area contributed by atoms with Gasteiger partial charge in [0.1, 0.15) is 0 Å². The SMILES string of the molecule is CN=C(NCC1CCOC1c1ccccc1)N(C)CCC1CCOCC1. The molecule has 0 bridgehead atoms. The van der Waals surface area contributed by atoms with Gasteiger partial charge in [-0.25, -0.2) is 0 Å². The number of hydrogen-bond acceptors (Lipinski definition) is 3. The van der Waals surface area contributed by atoms with Gasteiger partial charge in [0.25, 0.3) is 0 Å². The maximum Gasteiger partial charge on any atom is 0.193 e. The molecule has 2 aliphatic rings. The van der Waals surface area contributed by atoms with Crippen LogP contribution in [0.25, 0.3) is 0 Å². The van der Waals surface area contributed by atoms with E-state index in [0.29, 0.717) is 5.92 Å². The molecule has 5 nitrogen and oxygen atoms in total. The molecular formula is C21H33N3O2. The van der Waals surface area contributed by atoms with E-state index in [0.717, 1.165) is 51.2 Å². The van der Waals surface area contributed by atoms with E-state index in [-0.39, 0.29) is 6.10 Å². The van der Waals surface area contributed by atoms with Crippen LogP contribution in [0.5, 0.6) is 0 Å². The monoisotopic (exact) mass is 359 g/mol. The Morgan fingerprint density at radius 2 is 1.92 bits per heavy atom. The molecule has 3 rings (SSSR count). The quantitative estimate of drug-likeness (QED) is 0.626. The fourth-order valence-electron chi connectivity index (χ4n) is 3.98. The lowest BCUT2D eigenvalue weighted by Gasteiger charge is -2.28. The van der Waals surface area contributed by atoms with Gasteiger partial charge in [0.2, 0.25) is 0 Å². The first-order valence-electron chi connectivity index (χ1n) is 9.94. The van der Waals surface area contributed by atoms with E-state index in [9.17, 15) is 0 Å². The Morgan fingerprint density at radius 1 is 1.15 bits per heavy atom. The van der Waals surface area contributed by atoms with E-state index in [2.05, 4.69) is 52.6 Å². The van der Waals surface area contributed by atoms with Gasteiger partial charge in [-0.3, -0.25) is 4.99 Å². The normalized spacial score (nSPS) is 24.6. The van der Waals surface area contributed by atoms with E-state index >= 15 is 0 Å². The molecule has 0 aromatic heterocycles. The minimum Gasteiger partial charge on any atom is -0.381 e. The summed E-state index contributed by atoms with van der Waals surface area (Å²) in [6.45, 7) is 4.61. The molecule has 144 valence electrons. The van der Waals surface area contributed by atoms with E-state index in [1.165, 1.54) is 24.8 Å². The molecule has 2 aliphatic heterocycles. The van der Waals surface area contributed by atoms with Crippen molar-refractivity contribution < 1.29 is 9.47 Å². The smallest absolute Gasteiger partial charge is 0.193 e. The third-order valence-corrected chi connectivity index (χ3v) is 5.65. The number of nitrogens with one attached hydrogen (secondary N) is 1. The molecule has 2 saturated heterocycles. The van der Waals surface area contributed by atoms with Crippen LogP contribution < -0.4 is 5.32 Å². The Bertz CT molecular complexity index is 558. The molecule has 1 aromatic rings. The number of benzene rings is 1. The molecule has 2 fully saturated rings. The van der Waals surface area contributed by atoms with Gasteiger partial charge in [-0.2, -0.15) is 0 Å². The first-order valence-corrected chi connectivity index (χ1v) is 9.94. The summed E-state index contributed by atoms with van der Waals surface area (Å²) in [5.41, 5.74) is 1.28. The average Bonchev–Trinajstić information content (AvgIpc) is 3.17. The number of nitrogens with zero attached hydrogens (tertiary/aromatic N) is 2. The third-order valence-electron chi connectivity index (χ3n) is 5.65. The highest BCUT2D eigenvalue weighted by Crippen LogP contribution is 2.33. The van der Waals surface area contributed by atoms with Crippen molar-refractivity contribution in [3.8, 4) is 0 Å². The van der Waals surface area contributed by atoms with Gasteiger partial charge in [-0.05, 0) is 37.2 Å². The van der Waals surface area contributed by atoms with Gasteiger partial charge in [0.05, 0.1) is 6.10 Å². The summed E-state index contributed by atoms with van der Waals surface area (Å²) < 4.78 is 11.5. The van der Waals surface area contributed by atoms with Gasteiger partial charge in [-0.1, -0.05) is 30.3 Å². The van der Waals surface area contributed by atoms with Crippen LogP contribution in [0.3, 0.4) is 0 Å². The summed E-state index contributed by atoms with van der Waals surface area (Å²) >= 11 is 0. The van der Waals surface area contributed by atoms with Crippen molar-refractivity contribution in [2.75, 3.05) is 47.0 Å². The molecular weight excluding hydrogens is 326 g/mol. The lowest BCUT2D eigenvalue weighted by Crippen LogP contribution is -2.42. The van der Waals surface area contributed by atoms with Crippen LogP contribution >= 0.6 is 0 Å². The molecule has 0 radical (unpaired) electrons. The van der Waals surface area contributed by atoms with Gasteiger partial charge in [-0.15, -0.1) is 0 Å². The third kappa shape index (κ3) is 5.21. The Balaban J connectivity index is 1.47. The lowest BCUT2D eigenvalue weighted by molar-refractivity contribution is 0.0625. The number of aliphatic imine (C=N–C) groups is 1. The molecule has 0 aliphatic carbocycles. The lowest BCUT2D eigenvalue weighted by atomic mass is 9.95. The molecule has 0 saturated carbocycles. The second-order valence-electron chi connectivity index (χ2n) is 7.44. The first-order chi connectivity index (χ1) is 12.8. The maximum absolute atomic E-state index is 6.00. The van der Waals surface area contributed by atoms with Crippen LogP contribution in [0.2, 0.25) is 0 Å². The van der Waals surface area contributed by atoms with Crippen LogP contribution in [0.4, 0.5) is 0 Å². The van der Waals surface area contributed by atoms with E-state index < -0.39 is 0 Å². The Kier molecular flexibility index (Phi) is 7.32. The van der Waals surface area contributed by atoms with Gasteiger partial charge in [0.15, 0.2) is 5.96 Å². The minimum atomic E-state index is 0.189. The number of hydrogen-bond donors (Lipinski definition) is 1. The van der Waals surface area contributed by atoms with E-state index in [1.807, 2.05) is 7.05 Å². The number of guanidine groups is 1. The van der Waals surface area contributed by atoms with Crippen molar-refractivity contribution in [2.24, 2.45) is 16.8 Å². The topological polar surface area (TPSA) is 46.1 Å². The number of rotatable bonds is 6. The van der Waals surface area contributed by atoms with Gasteiger partial charge < -0.3 is 19.7 Å². The van der Waals surface area contributed by atoms with Crippen molar-refractivity contribution in [1.82, 2.24) is 10.2 Å². The van der Waals surface area contributed by atoms with Gasteiger partial charge >= 0.3 is 0 Å². The molecule has 5 heteroatoms. The van der Waals surface area contributed by atoms with Crippen molar-refractivity contribution in [1.29, 1.82) is 0 Å². The molecule has 2 heterocycles. The minimum absolute atomic E-state index is 0.189. The van der Waals surface area contributed by atoms with Gasteiger partial charge in [0, 0.05) is 52.9 Å². The Hall–Kier alpha value is -1.59. The summed E-state index contributed by atoms with van der Waals surface area (Å²) in [5.74, 6) is 2.25. The second kappa shape index (κ2) is 9.93. The molecule has 0 spiro atoms. The average molecular weight is 360 g/mol. The molecule has 26 heavy (non-hydrogen) atoms. The molecule has 2 unspecified atom stereocenters. The van der Waals surface area contributed by atoms with Crippen molar-refractivity contribution in [3.05, 3.63) is 35.9 Å². The summed E-state index contributed by atoms with van der Waals surface area (Å²) in [6.07, 6.45) is 4.87. The number of ether oxygens (including phenoxy) is 2. The summed E-state index contributed by atoms with van der Waals surface area (Å²) in [7, 11) is 4.00. The molecule has 0 amide bonds. The zero-order chi connectivity index (χ0) is 18.2. The summed E-state index contributed by atoms with van der Waals surface area (Å²) in [4.78, 5) is 6.73. The Morgan fingerprint density at radius 3 is 2.65 bits per heavy atom. The Labute approximate surface area is 157 Å². The predicted octanol–water partition coefficient (Wildman–Crippen LogP) is 3.09. The van der Waals surface area contributed by atoms with Crippen molar-refractivity contribution in [2.45, 2.75) is 31.8 Å². The van der Waals surface area contributed by atoms with Crippen LogP contribution in [0, 0.1) is 11.8 Å². The van der Waals surface area contributed by atoms with Crippen LogP contribution in [0.1, 0.15) is 37.4 Å². The van der Waals surface area contributed by atoms with Crippen molar-refractivity contribution in [3.63, 3.8) is 0 Å². The summed E-state index contributed by atoms with van der Waals surface area (Å²) in [5, 5.41) is 3.57. The molecule has 1 aromatic carbocycles. The zero-order valence-electron chi connectivity index (χ0n) is 16.2. The fourth-order valence-corrected chi connectivity index (χ4v) is 3.98. The highest BCUT2D eigenvalue weighted by atomic mass is 16.5. The standard InChI is InChI=1S/C21H33N3O2/c1-22-21(24(2)12-8-17-9-13-25-14-10-17)23-16-19-11-15-26-20(19)18-6-4-3-5-7-18/h3-7,17,19-20H,8-16H2,1-2H3,(H,22,23). The van der Waals surface area contributed by atoms with Crippen LogP contribution in [-0.2, 0) is 9.47 Å². The largest absolute Gasteiger partial charge is 0.381 e. The van der Waals surface area contributed by atoms with E-state index in [4.69, 9.17) is 9.47 Å².